The van der Waals surface area contributed by atoms with E-state index in [0.717, 1.165) is 5.82 Å². The van der Waals surface area contributed by atoms with Crippen LogP contribution in [0.25, 0.3) is 5.82 Å². The van der Waals surface area contributed by atoms with E-state index in [0.29, 0.717) is 18.1 Å². The first-order valence-electron chi connectivity index (χ1n) is 5.68. The number of nitrogens with zero attached hydrogens (tertiary/aromatic N) is 4. The van der Waals surface area contributed by atoms with Crippen LogP contribution in [-0.4, -0.2) is 26.8 Å². The Morgan fingerprint density at radius 2 is 2.39 bits per heavy atom. The predicted octanol–water partition coefficient (Wildman–Crippen LogP) is 1.77. The zero-order chi connectivity index (χ0) is 12.4. The van der Waals surface area contributed by atoms with Crippen LogP contribution < -0.4 is 4.74 Å². The maximum absolute atomic E-state index is 5.55. The van der Waals surface area contributed by atoms with Gasteiger partial charge in [-0.1, -0.05) is 5.16 Å². The van der Waals surface area contributed by atoms with Gasteiger partial charge < -0.3 is 9.57 Å². The minimum absolute atomic E-state index is 0.0799. The van der Waals surface area contributed by atoms with Gasteiger partial charge >= 0.3 is 0 Å². The van der Waals surface area contributed by atoms with E-state index in [2.05, 4.69) is 15.2 Å². The average molecular weight is 244 g/mol. The fourth-order valence-corrected chi connectivity index (χ4v) is 1.64. The summed E-state index contributed by atoms with van der Waals surface area (Å²) >= 11 is 0. The number of ether oxygens (including phenoxy) is 1. The molecule has 2 aromatic rings. The van der Waals surface area contributed by atoms with Gasteiger partial charge in [0.2, 0.25) is 5.90 Å². The first kappa shape index (κ1) is 10.8. The minimum Gasteiger partial charge on any atom is -0.438 e. The van der Waals surface area contributed by atoms with Gasteiger partial charge in [-0.05, 0) is 25.1 Å². The highest BCUT2D eigenvalue weighted by molar-refractivity contribution is 5.79. The van der Waals surface area contributed by atoms with Crippen LogP contribution in [0.3, 0.4) is 0 Å². The van der Waals surface area contributed by atoms with Crippen molar-refractivity contribution in [1.82, 2.24) is 14.8 Å². The van der Waals surface area contributed by atoms with Crippen molar-refractivity contribution in [3.8, 4) is 11.6 Å². The standard InChI is InChI=1S/C12H12N4O2/c1-9-7-12(15-18-9)17-10-3-4-11(13-8-10)16-6-2-5-14-16/h2-6,8-9H,7H2,1H3. The first-order valence-corrected chi connectivity index (χ1v) is 5.68. The molecule has 6 heteroatoms. The maximum atomic E-state index is 5.55. The molecule has 6 nitrogen and oxygen atoms in total. The van der Waals surface area contributed by atoms with Gasteiger partial charge in [-0.2, -0.15) is 5.10 Å². The van der Waals surface area contributed by atoms with E-state index in [1.807, 2.05) is 31.3 Å². The van der Waals surface area contributed by atoms with Crippen molar-refractivity contribution < 1.29 is 9.57 Å². The predicted molar refractivity (Wildman–Crippen MR) is 64.6 cm³/mol. The lowest BCUT2D eigenvalue weighted by molar-refractivity contribution is 0.0992. The van der Waals surface area contributed by atoms with Crippen molar-refractivity contribution in [3.63, 3.8) is 0 Å². The molecule has 0 aliphatic carbocycles. The van der Waals surface area contributed by atoms with Crippen molar-refractivity contribution in [1.29, 1.82) is 0 Å². The summed E-state index contributed by atoms with van der Waals surface area (Å²) in [6.45, 7) is 1.94. The lowest BCUT2D eigenvalue weighted by Gasteiger charge is -2.04. The summed E-state index contributed by atoms with van der Waals surface area (Å²) in [5.41, 5.74) is 0. The van der Waals surface area contributed by atoms with Crippen LogP contribution in [0.15, 0.2) is 41.9 Å². The van der Waals surface area contributed by atoms with E-state index in [1.54, 1.807) is 17.1 Å². The molecule has 3 rings (SSSR count). The highest BCUT2D eigenvalue weighted by Crippen LogP contribution is 2.16. The monoisotopic (exact) mass is 244 g/mol. The quantitative estimate of drug-likeness (QED) is 0.807. The third-order valence-corrected chi connectivity index (χ3v) is 2.49. The van der Waals surface area contributed by atoms with Crippen molar-refractivity contribution in [2.24, 2.45) is 5.16 Å². The lowest BCUT2D eigenvalue weighted by atomic mass is 10.3. The summed E-state index contributed by atoms with van der Waals surface area (Å²) in [5, 5.41) is 7.93. The second-order valence-electron chi connectivity index (χ2n) is 4.01. The molecule has 0 fully saturated rings. The molecule has 1 unspecified atom stereocenters. The molecule has 0 radical (unpaired) electrons. The number of oxime groups is 1. The van der Waals surface area contributed by atoms with E-state index < -0.39 is 0 Å². The van der Waals surface area contributed by atoms with Gasteiger partial charge in [0.05, 0.1) is 12.6 Å². The second-order valence-corrected chi connectivity index (χ2v) is 4.01. The van der Waals surface area contributed by atoms with Crippen LogP contribution in [0.5, 0.6) is 5.75 Å². The molecular formula is C12H12N4O2. The van der Waals surface area contributed by atoms with Gasteiger partial charge in [-0.25, -0.2) is 9.67 Å². The molecule has 0 aromatic carbocycles. The maximum Gasteiger partial charge on any atom is 0.235 e. The van der Waals surface area contributed by atoms with Crippen molar-refractivity contribution >= 4 is 5.90 Å². The van der Waals surface area contributed by atoms with Crippen LogP contribution in [0.2, 0.25) is 0 Å². The molecule has 1 atom stereocenters. The third kappa shape index (κ3) is 2.17. The van der Waals surface area contributed by atoms with Crippen molar-refractivity contribution in [2.45, 2.75) is 19.4 Å². The van der Waals surface area contributed by atoms with Gasteiger partial charge in [0.15, 0.2) is 5.82 Å². The molecule has 0 saturated heterocycles. The molecule has 2 aromatic heterocycles. The Morgan fingerprint density at radius 3 is 3.00 bits per heavy atom. The summed E-state index contributed by atoms with van der Waals surface area (Å²) in [7, 11) is 0. The molecule has 0 spiro atoms. The molecule has 1 aliphatic heterocycles. The molecule has 0 saturated carbocycles. The van der Waals surface area contributed by atoms with Gasteiger partial charge in [-0.3, -0.25) is 0 Å². The van der Waals surface area contributed by atoms with Crippen LogP contribution >= 0.6 is 0 Å². The molecule has 0 bridgehead atoms. The highest BCUT2D eigenvalue weighted by atomic mass is 16.7. The lowest BCUT2D eigenvalue weighted by Crippen LogP contribution is -2.09. The zero-order valence-electron chi connectivity index (χ0n) is 9.85. The average Bonchev–Trinajstić information content (AvgIpc) is 3.02. The zero-order valence-corrected chi connectivity index (χ0v) is 9.85. The number of rotatable bonds is 2. The largest absolute Gasteiger partial charge is 0.438 e. The van der Waals surface area contributed by atoms with E-state index >= 15 is 0 Å². The number of hydrogen-bond donors (Lipinski definition) is 0. The van der Waals surface area contributed by atoms with Crippen LogP contribution in [0.1, 0.15) is 13.3 Å². The summed E-state index contributed by atoms with van der Waals surface area (Å²) < 4.78 is 7.23. The molecule has 18 heavy (non-hydrogen) atoms. The Labute approximate surface area is 104 Å². The Bertz CT molecular complexity index is 548. The van der Waals surface area contributed by atoms with Gasteiger partial charge in [-0.15, -0.1) is 0 Å². The van der Waals surface area contributed by atoms with Gasteiger partial charge in [0.25, 0.3) is 0 Å². The molecule has 0 N–H and O–H groups in total. The summed E-state index contributed by atoms with van der Waals surface area (Å²) in [4.78, 5) is 9.31. The summed E-state index contributed by atoms with van der Waals surface area (Å²) in [6, 6.07) is 5.51. The normalized spacial score (nSPS) is 18.3. The molecule has 92 valence electrons. The smallest absolute Gasteiger partial charge is 0.235 e. The van der Waals surface area contributed by atoms with Gasteiger partial charge in [0.1, 0.15) is 11.9 Å². The fraction of sp³-hybridized carbons (Fsp3) is 0.250. The summed E-state index contributed by atoms with van der Waals surface area (Å²) in [5.74, 6) is 1.96. The Kier molecular flexibility index (Phi) is 2.68. The number of hydrogen-bond acceptors (Lipinski definition) is 5. The SMILES string of the molecule is CC1CC(Oc2ccc(-n3cccn3)nc2)=NO1. The van der Waals surface area contributed by atoms with Crippen LogP contribution in [-0.2, 0) is 4.84 Å². The first-order chi connectivity index (χ1) is 8.81. The topological polar surface area (TPSA) is 61.5 Å². The molecule has 0 amide bonds. The van der Waals surface area contributed by atoms with Gasteiger partial charge in [0, 0.05) is 12.4 Å². The molecule has 1 aliphatic rings. The van der Waals surface area contributed by atoms with Crippen LogP contribution in [0, 0.1) is 0 Å². The Balaban J connectivity index is 1.72. The molecule has 3 heterocycles. The fourth-order valence-electron chi connectivity index (χ4n) is 1.64. The highest BCUT2D eigenvalue weighted by Gasteiger charge is 2.18. The van der Waals surface area contributed by atoms with Crippen LogP contribution in [0.4, 0.5) is 0 Å². The Hall–Kier alpha value is -2.37. The van der Waals surface area contributed by atoms with Crippen molar-refractivity contribution in [2.75, 3.05) is 0 Å². The van der Waals surface area contributed by atoms with E-state index in [1.165, 1.54) is 0 Å². The minimum atomic E-state index is 0.0799. The number of aromatic nitrogens is 3. The second kappa shape index (κ2) is 4.48. The van der Waals surface area contributed by atoms with E-state index in [9.17, 15) is 0 Å². The van der Waals surface area contributed by atoms with E-state index in [4.69, 9.17) is 9.57 Å². The van der Waals surface area contributed by atoms with E-state index in [-0.39, 0.29) is 6.10 Å². The number of pyridine rings is 1. The third-order valence-electron chi connectivity index (χ3n) is 2.49. The molecular weight excluding hydrogens is 232 g/mol. The summed E-state index contributed by atoms with van der Waals surface area (Å²) in [6.07, 6.45) is 5.94. The Morgan fingerprint density at radius 1 is 1.44 bits per heavy atom. The van der Waals surface area contributed by atoms with Crippen molar-refractivity contribution in [3.05, 3.63) is 36.8 Å².